The van der Waals surface area contributed by atoms with Crippen molar-refractivity contribution >= 4 is 17.8 Å². The molecule has 2 heterocycles. The SMILES string of the molecule is CC(=O)N(CC(=O)O)[C@@H]1CCCN(C(=O)c2ccc(C)n2C)CC1. The molecule has 1 aliphatic heterocycles. The number of likely N-dealkylation sites (tertiary alicyclic amines) is 1. The van der Waals surface area contributed by atoms with Gasteiger partial charge < -0.3 is 19.5 Å². The summed E-state index contributed by atoms with van der Waals surface area (Å²) in [5.74, 6) is -1.26. The largest absolute Gasteiger partial charge is 0.480 e. The van der Waals surface area contributed by atoms with E-state index in [9.17, 15) is 14.4 Å². The van der Waals surface area contributed by atoms with Gasteiger partial charge in [0.1, 0.15) is 12.2 Å². The Balaban J connectivity index is 2.06. The summed E-state index contributed by atoms with van der Waals surface area (Å²) in [6.45, 7) is 4.20. The Hall–Kier alpha value is -2.31. The number of carboxylic acids is 1. The minimum atomic E-state index is -1.01. The molecule has 0 radical (unpaired) electrons. The highest BCUT2D eigenvalue weighted by molar-refractivity contribution is 5.93. The van der Waals surface area contributed by atoms with E-state index in [1.807, 2.05) is 30.7 Å². The van der Waals surface area contributed by atoms with Gasteiger partial charge >= 0.3 is 5.97 Å². The number of carbonyl (C=O) groups excluding carboxylic acids is 2. The first-order chi connectivity index (χ1) is 11.3. The first-order valence-electron chi connectivity index (χ1n) is 8.22. The fourth-order valence-corrected chi connectivity index (χ4v) is 3.23. The lowest BCUT2D eigenvalue weighted by Gasteiger charge is -2.28. The number of carbonyl (C=O) groups is 3. The summed E-state index contributed by atoms with van der Waals surface area (Å²) < 4.78 is 1.87. The standard InChI is InChI=1S/C17H25N3O4/c1-12-6-7-15(18(12)3)17(24)19-9-4-5-14(8-10-19)20(13(2)21)11-16(22)23/h6-7,14H,4-5,8-11H2,1-3H3,(H,22,23)/t14-/m1/s1. The minimum Gasteiger partial charge on any atom is -0.480 e. The highest BCUT2D eigenvalue weighted by Crippen LogP contribution is 2.19. The topological polar surface area (TPSA) is 82.8 Å². The molecule has 0 aliphatic carbocycles. The Morgan fingerprint density at radius 2 is 1.96 bits per heavy atom. The van der Waals surface area contributed by atoms with Gasteiger partial charge in [0.2, 0.25) is 5.91 Å². The van der Waals surface area contributed by atoms with Crippen molar-refractivity contribution in [2.24, 2.45) is 7.05 Å². The molecule has 0 unspecified atom stereocenters. The van der Waals surface area contributed by atoms with E-state index in [-0.39, 0.29) is 24.4 Å². The summed E-state index contributed by atoms with van der Waals surface area (Å²) in [5, 5.41) is 8.99. The van der Waals surface area contributed by atoms with Crippen LogP contribution in [-0.2, 0) is 16.6 Å². The van der Waals surface area contributed by atoms with E-state index in [4.69, 9.17) is 5.11 Å². The van der Waals surface area contributed by atoms with Crippen LogP contribution < -0.4 is 0 Å². The molecule has 132 valence electrons. The zero-order valence-electron chi connectivity index (χ0n) is 14.5. The van der Waals surface area contributed by atoms with E-state index >= 15 is 0 Å². The van der Waals surface area contributed by atoms with Crippen molar-refractivity contribution in [3.8, 4) is 0 Å². The number of amides is 2. The molecule has 1 saturated heterocycles. The third-order valence-electron chi connectivity index (χ3n) is 4.73. The van der Waals surface area contributed by atoms with Crippen molar-refractivity contribution in [3.05, 3.63) is 23.5 Å². The quantitative estimate of drug-likeness (QED) is 0.898. The van der Waals surface area contributed by atoms with Crippen molar-refractivity contribution in [1.29, 1.82) is 0 Å². The summed E-state index contributed by atoms with van der Waals surface area (Å²) >= 11 is 0. The highest BCUT2D eigenvalue weighted by atomic mass is 16.4. The molecule has 0 aromatic carbocycles. The van der Waals surface area contributed by atoms with Crippen LogP contribution in [0.2, 0.25) is 0 Å². The van der Waals surface area contributed by atoms with Crippen LogP contribution in [0, 0.1) is 6.92 Å². The number of aromatic nitrogens is 1. The van der Waals surface area contributed by atoms with Gasteiger partial charge in [-0.05, 0) is 38.3 Å². The summed E-state index contributed by atoms with van der Waals surface area (Å²) in [7, 11) is 1.87. The second-order valence-electron chi connectivity index (χ2n) is 6.34. The van der Waals surface area contributed by atoms with Crippen LogP contribution in [0.15, 0.2) is 12.1 Å². The Morgan fingerprint density at radius 3 is 2.50 bits per heavy atom. The zero-order chi connectivity index (χ0) is 17.9. The second kappa shape index (κ2) is 7.51. The normalized spacial score (nSPS) is 18.1. The van der Waals surface area contributed by atoms with E-state index in [1.165, 1.54) is 11.8 Å². The first-order valence-corrected chi connectivity index (χ1v) is 8.22. The molecule has 1 fully saturated rings. The van der Waals surface area contributed by atoms with Gasteiger partial charge in [-0.1, -0.05) is 0 Å². The van der Waals surface area contributed by atoms with Crippen molar-refractivity contribution in [3.63, 3.8) is 0 Å². The Kier molecular flexibility index (Phi) is 5.64. The van der Waals surface area contributed by atoms with Crippen molar-refractivity contribution in [2.75, 3.05) is 19.6 Å². The Bertz CT molecular complexity index is 638. The number of rotatable bonds is 4. The first kappa shape index (κ1) is 18.0. The van der Waals surface area contributed by atoms with Crippen LogP contribution >= 0.6 is 0 Å². The fraction of sp³-hybridized carbons (Fsp3) is 0.588. The van der Waals surface area contributed by atoms with Crippen molar-refractivity contribution < 1.29 is 19.5 Å². The number of carboxylic acid groups (broad SMARTS) is 1. The molecule has 1 N–H and O–H groups in total. The third kappa shape index (κ3) is 3.96. The van der Waals surface area contributed by atoms with Crippen LogP contribution in [0.5, 0.6) is 0 Å². The molecule has 0 bridgehead atoms. The maximum Gasteiger partial charge on any atom is 0.323 e. The van der Waals surface area contributed by atoms with Crippen LogP contribution in [-0.4, -0.2) is 62.9 Å². The highest BCUT2D eigenvalue weighted by Gasteiger charge is 2.28. The van der Waals surface area contributed by atoms with E-state index in [0.29, 0.717) is 31.6 Å². The average molecular weight is 335 g/mol. The molecule has 1 aromatic rings. The van der Waals surface area contributed by atoms with Crippen LogP contribution in [0.25, 0.3) is 0 Å². The number of aliphatic carboxylic acids is 1. The smallest absolute Gasteiger partial charge is 0.323 e. The molecule has 1 atom stereocenters. The molecule has 2 rings (SSSR count). The lowest BCUT2D eigenvalue weighted by molar-refractivity contribution is -0.145. The fourth-order valence-electron chi connectivity index (χ4n) is 3.23. The summed E-state index contributed by atoms with van der Waals surface area (Å²) in [5.41, 5.74) is 1.68. The van der Waals surface area contributed by atoms with Gasteiger partial charge in [-0.3, -0.25) is 14.4 Å². The lowest BCUT2D eigenvalue weighted by atomic mass is 10.1. The monoisotopic (exact) mass is 335 g/mol. The van der Waals surface area contributed by atoms with Gasteiger partial charge in [0, 0.05) is 38.8 Å². The van der Waals surface area contributed by atoms with Crippen molar-refractivity contribution in [2.45, 2.75) is 39.2 Å². The number of hydrogen-bond donors (Lipinski definition) is 1. The van der Waals surface area contributed by atoms with E-state index < -0.39 is 5.97 Å². The van der Waals surface area contributed by atoms with Gasteiger partial charge in [-0.2, -0.15) is 0 Å². The van der Waals surface area contributed by atoms with Gasteiger partial charge in [0.05, 0.1) is 0 Å². The molecule has 0 spiro atoms. The van der Waals surface area contributed by atoms with E-state index in [0.717, 1.165) is 12.1 Å². The number of nitrogens with zero attached hydrogens (tertiary/aromatic N) is 3. The maximum absolute atomic E-state index is 12.7. The van der Waals surface area contributed by atoms with Crippen LogP contribution in [0.3, 0.4) is 0 Å². The van der Waals surface area contributed by atoms with Gasteiger partial charge in [0.15, 0.2) is 0 Å². The van der Waals surface area contributed by atoms with Gasteiger partial charge in [-0.15, -0.1) is 0 Å². The minimum absolute atomic E-state index is 0.0149. The molecule has 24 heavy (non-hydrogen) atoms. The average Bonchev–Trinajstić information content (AvgIpc) is 2.74. The molecule has 1 aromatic heterocycles. The summed E-state index contributed by atoms with van der Waals surface area (Å²) in [6, 6.07) is 3.61. The van der Waals surface area contributed by atoms with Gasteiger partial charge in [0.25, 0.3) is 5.91 Å². The predicted molar refractivity (Wildman–Crippen MR) is 88.7 cm³/mol. The molecular formula is C17H25N3O4. The number of hydrogen-bond acceptors (Lipinski definition) is 3. The second-order valence-corrected chi connectivity index (χ2v) is 6.34. The molecule has 7 nitrogen and oxygen atoms in total. The van der Waals surface area contributed by atoms with E-state index in [2.05, 4.69) is 0 Å². The third-order valence-corrected chi connectivity index (χ3v) is 4.73. The summed E-state index contributed by atoms with van der Waals surface area (Å²) in [4.78, 5) is 38.6. The molecule has 2 amide bonds. The van der Waals surface area contributed by atoms with Crippen molar-refractivity contribution in [1.82, 2.24) is 14.4 Å². The summed E-state index contributed by atoms with van der Waals surface area (Å²) in [6.07, 6.45) is 2.06. The Morgan fingerprint density at radius 1 is 1.25 bits per heavy atom. The number of aryl methyl sites for hydroxylation is 1. The maximum atomic E-state index is 12.7. The molecule has 7 heteroatoms. The molecule has 0 saturated carbocycles. The molecular weight excluding hydrogens is 310 g/mol. The van der Waals surface area contributed by atoms with Crippen LogP contribution in [0.4, 0.5) is 0 Å². The van der Waals surface area contributed by atoms with E-state index in [1.54, 1.807) is 4.90 Å². The predicted octanol–water partition coefficient (Wildman–Crippen LogP) is 1.26. The zero-order valence-corrected chi connectivity index (χ0v) is 14.5. The lowest BCUT2D eigenvalue weighted by Crippen LogP contribution is -2.43. The van der Waals surface area contributed by atoms with Gasteiger partial charge in [-0.25, -0.2) is 0 Å². The van der Waals surface area contributed by atoms with Crippen LogP contribution in [0.1, 0.15) is 42.4 Å². The Labute approximate surface area is 141 Å². The molecule has 1 aliphatic rings.